The molecule has 0 saturated heterocycles. The number of pyridine rings is 2. The molecule has 0 radical (unpaired) electrons. The number of aromatic nitrogens is 3. The van der Waals surface area contributed by atoms with E-state index < -0.39 is 0 Å². The number of nitrogens with zero attached hydrogens (tertiary/aromatic N) is 3. The van der Waals surface area contributed by atoms with Crippen LogP contribution in [-0.2, 0) is 6.54 Å². The lowest BCUT2D eigenvalue weighted by Crippen LogP contribution is -2.36. The first kappa shape index (κ1) is 31.3. The van der Waals surface area contributed by atoms with Crippen molar-refractivity contribution in [3.8, 4) is 12.3 Å². The van der Waals surface area contributed by atoms with Crippen LogP contribution in [0, 0.1) is 12.3 Å². The van der Waals surface area contributed by atoms with Gasteiger partial charge in [-0.1, -0.05) is 65.9 Å². The number of aryl methyl sites for hydroxylation is 1. The highest BCUT2D eigenvalue weighted by Gasteiger charge is 2.30. The van der Waals surface area contributed by atoms with Crippen LogP contribution in [0.15, 0.2) is 49.5 Å². The smallest absolute Gasteiger partial charge is 0.261 e. The molecule has 0 atom stereocenters. The van der Waals surface area contributed by atoms with Gasteiger partial charge in [-0.15, -0.1) is 6.42 Å². The Morgan fingerprint density at radius 3 is 1.57 bits per heavy atom. The normalized spacial score (nSPS) is 12.8. The number of rotatable bonds is 11. The molecule has 3 aromatic heterocycles. The van der Waals surface area contributed by atoms with E-state index in [0.29, 0.717) is 70.1 Å². The standard InChI is InChI=1S/C42H41N3O4/c1-7-13-14-15-18-43-30-20-28-33-26(39(46)44(41(28)48)23(9-3)10-4)17-16-25-32-22(8-2)19-27-34-29(42(49)45(40(27)47)24(11-5)12-6)21-31(43)37(38(32)34)36(30)35(25)33/h2,16-17,19-21,23-24H,7,9-15,18H2,1,3-6H3. The Morgan fingerprint density at radius 2 is 1.04 bits per heavy atom. The summed E-state index contributed by atoms with van der Waals surface area (Å²) in [6, 6.07) is 9.10. The molecule has 8 rings (SSSR count). The summed E-state index contributed by atoms with van der Waals surface area (Å²) in [7, 11) is 0. The Morgan fingerprint density at radius 1 is 0.551 bits per heavy atom. The molecule has 0 N–H and O–H groups in total. The van der Waals surface area contributed by atoms with Gasteiger partial charge in [0.05, 0.1) is 21.8 Å². The van der Waals surface area contributed by atoms with Crippen molar-refractivity contribution in [1.82, 2.24) is 13.7 Å². The van der Waals surface area contributed by atoms with E-state index in [1.807, 2.05) is 52.0 Å². The maximum absolute atomic E-state index is 14.5. The van der Waals surface area contributed by atoms with Crippen LogP contribution in [0.5, 0.6) is 0 Å². The van der Waals surface area contributed by atoms with Gasteiger partial charge in [0.1, 0.15) is 0 Å². The molecule has 5 aromatic carbocycles. The van der Waals surface area contributed by atoms with Crippen LogP contribution >= 0.6 is 0 Å². The Balaban J connectivity index is 1.69. The van der Waals surface area contributed by atoms with Crippen molar-refractivity contribution < 1.29 is 0 Å². The van der Waals surface area contributed by atoms with Crippen LogP contribution in [0.25, 0.3) is 75.7 Å². The Hall–Kier alpha value is -4.96. The number of unbranched alkanes of at least 4 members (excludes halogenated alkanes) is 3. The molecule has 0 bridgehead atoms. The fourth-order valence-electron chi connectivity index (χ4n) is 9.13. The summed E-state index contributed by atoms with van der Waals surface area (Å²) < 4.78 is 5.18. The molecular weight excluding hydrogens is 610 g/mol. The predicted octanol–water partition coefficient (Wildman–Crippen LogP) is 8.64. The molecule has 8 aromatic rings. The Kier molecular flexibility index (Phi) is 7.22. The van der Waals surface area contributed by atoms with E-state index in [9.17, 15) is 19.2 Å². The zero-order chi connectivity index (χ0) is 34.5. The van der Waals surface area contributed by atoms with Crippen LogP contribution in [0.1, 0.15) is 104 Å². The summed E-state index contributed by atoms with van der Waals surface area (Å²) in [5.41, 5.74) is 1.25. The fourth-order valence-corrected chi connectivity index (χ4v) is 9.13. The molecule has 0 saturated carbocycles. The van der Waals surface area contributed by atoms with Crippen molar-refractivity contribution in [3.63, 3.8) is 0 Å². The van der Waals surface area contributed by atoms with Gasteiger partial charge in [0, 0.05) is 72.7 Å². The fraction of sp³-hybridized carbons (Fsp3) is 0.381. The third kappa shape index (κ3) is 3.92. The molecule has 0 unspecified atom stereocenters. The van der Waals surface area contributed by atoms with Crippen molar-refractivity contribution in [3.05, 3.63) is 77.3 Å². The minimum absolute atomic E-state index is 0.205. The molecule has 7 heteroatoms. The summed E-state index contributed by atoms with van der Waals surface area (Å²) in [4.78, 5) is 57.3. The monoisotopic (exact) mass is 651 g/mol. The van der Waals surface area contributed by atoms with Crippen LogP contribution < -0.4 is 22.2 Å². The zero-order valence-corrected chi connectivity index (χ0v) is 29.0. The zero-order valence-electron chi connectivity index (χ0n) is 29.0. The summed E-state index contributed by atoms with van der Waals surface area (Å²) in [5, 5.41) is 8.52. The second-order valence-electron chi connectivity index (χ2n) is 13.9. The van der Waals surface area contributed by atoms with E-state index >= 15 is 0 Å². The average Bonchev–Trinajstić information content (AvgIpc) is 3.43. The van der Waals surface area contributed by atoms with Gasteiger partial charge >= 0.3 is 0 Å². The number of fused-ring (bicyclic) bond motifs is 1. The lowest BCUT2D eigenvalue weighted by molar-refractivity contribution is 0.451. The van der Waals surface area contributed by atoms with E-state index in [1.54, 1.807) is 6.07 Å². The minimum Gasteiger partial charge on any atom is -0.340 e. The molecule has 248 valence electrons. The predicted molar refractivity (Wildman–Crippen MR) is 204 cm³/mol. The average molecular weight is 652 g/mol. The second-order valence-corrected chi connectivity index (χ2v) is 13.9. The maximum Gasteiger partial charge on any atom is 0.261 e. The summed E-state index contributed by atoms with van der Waals surface area (Å²) >= 11 is 0. The number of terminal acetylenes is 1. The molecular formula is C42H41N3O4. The van der Waals surface area contributed by atoms with Crippen molar-refractivity contribution in [2.24, 2.45) is 0 Å². The Labute approximate surface area is 283 Å². The number of hydrogen-bond donors (Lipinski definition) is 0. The van der Waals surface area contributed by atoms with Crippen molar-refractivity contribution in [2.45, 2.75) is 105 Å². The highest BCUT2D eigenvalue weighted by Crippen LogP contribution is 2.50. The maximum atomic E-state index is 14.5. The van der Waals surface area contributed by atoms with Crippen LogP contribution in [0.4, 0.5) is 0 Å². The van der Waals surface area contributed by atoms with Gasteiger partial charge in [0.2, 0.25) is 0 Å². The highest BCUT2D eigenvalue weighted by atomic mass is 16.2. The van der Waals surface area contributed by atoms with E-state index in [0.717, 1.165) is 69.0 Å². The molecule has 0 aliphatic heterocycles. The van der Waals surface area contributed by atoms with Gasteiger partial charge in [-0.05, 0) is 61.8 Å². The molecule has 0 aliphatic rings. The molecule has 0 spiro atoms. The summed E-state index contributed by atoms with van der Waals surface area (Å²) in [6.45, 7) is 10.9. The van der Waals surface area contributed by atoms with Crippen molar-refractivity contribution >= 4 is 75.7 Å². The van der Waals surface area contributed by atoms with Gasteiger partial charge in [0.15, 0.2) is 0 Å². The summed E-state index contributed by atoms with van der Waals surface area (Å²) in [5.74, 6) is 2.89. The first-order chi connectivity index (χ1) is 23.8. The molecule has 0 fully saturated rings. The van der Waals surface area contributed by atoms with Gasteiger partial charge in [-0.2, -0.15) is 0 Å². The van der Waals surface area contributed by atoms with Gasteiger partial charge in [-0.3, -0.25) is 28.3 Å². The van der Waals surface area contributed by atoms with Crippen LogP contribution in [0.3, 0.4) is 0 Å². The topological polar surface area (TPSA) is 83.1 Å². The molecule has 0 amide bonds. The summed E-state index contributed by atoms with van der Waals surface area (Å²) in [6.07, 6.45) is 13.1. The van der Waals surface area contributed by atoms with E-state index in [2.05, 4.69) is 17.4 Å². The van der Waals surface area contributed by atoms with Crippen molar-refractivity contribution in [1.29, 1.82) is 0 Å². The SMILES string of the molecule is C#Cc1cc2c(=O)n(C(CC)CC)c(=O)c3cc4c5c(c1c1ccc6c(=O)n(C(CC)CC)c(=O)c7cc(c5c1c67)n4CCCCCC)c23. The third-order valence-corrected chi connectivity index (χ3v) is 11.5. The number of hydrogen-bond acceptors (Lipinski definition) is 4. The minimum atomic E-state index is -0.308. The molecule has 0 aliphatic carbocycles. The second kappa shape index (κ2) is 11.3. The van der Waals surface area contributed by atoms with E-state index in [4.69, 9.17) is 6.42 Å². The lowest BCUT2D eigenvalue weighted by atomic mass is 9.84. The lowest BCUT2D eigenvalue weighted by Gasteiger charge is -2.21. The molecule has 49 heavy (non-hydrogen) atoms. The van der Waals surface area contributed by atoms with Crippen LogP contribution in [-0.4, -0.2) is 13.7 Å². The third-order valence-electron chi connectivity index (χ3n) is 11.5. The van der Waals surface area contributed by atoms with Crippen molar-refractivity contribution in [2.75, 3.05) is 0 Å². The number of benzene rings is 5. The largest absolute Gasteiger partial charge is 0.340 e. The first-order valence-electron chi connectivity index (χ1n) is 18.1. The van der Waals surface area contributed by atoms with E-state index in [1.165, 1.54) is 9.13 Å². The van der Waals surface area contributed by atoms with E-state index in [-0.39, 0.29) is 34.3 Å². The van der Waals surface area contributed by atoms with Crippen LogP contribution in [0.2, 0.25) is 0 Å². The molecule has 7 nitrogen and oxygen atoms in total. The highest BCUT2D eigenvalue weighted by molar-refractivity contribution is 6.46. The first-order valence-corrected chi connectivity index (χ1v) is 18.1. The van der Waals surface area contributed by atoms with Gasteiger partial charge < -0.3 is 4.57 Å². The Bertz CT molecular complexity index is 2860. The van der Waals surface area contributed by atoms with Gasteiger partial charge in [-0.25, -0.2) is 0 Å². The quantitative estimate of drug-likeness (QED) is 0.0607. The molecule has 3 heterocycles. The van der Waals surface area contributed by atoms with Gasteiger partial charge in [0.25, 0.3) is 22.2 Å².